The quantitative estimate of drug-likeness (QED) is 0.210. The SMILES string of the molecule is CCOC(=O)c1cnc(NCCNc2ccc([N+](=O)[O-])cn2)nc1-c1ccc(OC)cc1. The molecule has 2 N–H and O–H groups in total. The zero-order valence-corrected chi connectivity index (χ0v) is 17.6. The fourth-order valence-corrected chi connectivity index (χ4v) is 2.76. The van der Waals surface area contributed by atoms with Gasteiger partial charge in [0.15, 0.2) is 0 Å². The van der Waals surface area contributed by atoms with Crippen molar-refractivity contribution in [3.8, 4) is 17.0 Å². The van der Waals surface area contributed by atoms with Gasteiger partial charge in [-0.05, 0) is 37.3 Å². The minimum atomic E-state index is -0.504. The second-order valence-electron chi connectivity index (χ2n) is 6.42. The summed E-state index contributed by atoms with van der Waals surface area (Å²) < 4.78 is 10.3. The van der Waals surface area contributed by atoms with Crippen LogP contribution in [0.1, 0.15) is 17.3 Å². The Bertz CT molecular complexity index is 1070. The average Bonchev–Trinajstić information content (AvgIpc) is 2.82. The molecular weight excluding hydrogens is 416 g/mol. The number of anilines is 2. The zero-order chi connectivity index (χ0) is 22.9. The van der Waals surface area contributed by atoms with Crippen LogP contribution in [0.4, 0.5) is 17.5 Å². The summed E-state index contributed by atoms with van der Waals surface area (Å²) in [6.07, 6.45) is 2.62. The second kappa shape index (κ2) is 10.7. The molecule has 11 heteroatoms. The Hall–Kier alpha value is -4.28. The lowest BCUT2D eigenvalue weighted by Gasteiger charge is -2.12. The Kier molecular flexibility index (Phi) is 7.46. The van der Waals surface area contributed by atoms with Gasteiger partial charge in [-0.2, -0.15) is 0 Å². The fourth-order valence-electron chi connectivity index (χ4n) is 2.76. The van der Waals surface area contributed by atoms with E-state index in [1.54, 1.807) is 38.3 Å². The minimum Gasteiger partial charge on any atom is -0.497 e. The lowest BCUT2D eigenvalue weighted by Crippen LogP contribution is -2.17. The van der Waals surface area contributed by atoms with Gasteiger partial charge in [-0.25, -0.2) is 19.7 Å². The molecular formula is C21H22N6O5. The molecule has 0 saturated carbocycles. The molecule has 3 rings (SSSR count). The molecule has 2 aromatic heterocycles. The summed E-state index contributed by atoms with van der Waals surface area (Å²) in [4.78, 5) is 35.2. The van der Waals surface area contributed by atoms with Crippen molar-refractivity contribution in [3.63, 3.8) is 0 Å². The molecule has 0 radical (unpaired) electrons. The van der Waals surface area contributed by atoms with Crippen LogP contribution >= 0.6 is 0 Å². The summed E-state index contributed by atoms with van der Waals surface area (Å²) in [5, 5.41) is 16.8. The Labute approximate surface area is 184 Å². The van der Waals surface area contributed by atoms with Crippen LogP contribution in [0.15, 0.2) is 48.8 Å². The number of esters is 1. The maximum Gasteiger partial charge on any atom is 0.341 e. The van der Waals surface area contributed by atoms with Crippen LogP contribution in [0, 0.1) is 10.1 Å². The Morgan fingerprint density at radius 1 is 1.06 bits per heavy atom. The van der Waals surface area contributed by atoms with E-state index >= 15 is 0 Å². The lowest BCUT2D eigenvalue weighted by molar-refractivity contribution is -0.385. The van der Waals surface area contributed by atoms with Crippen LogP contribution < -0.4 is 15.4 Å². The van der Waals surface area contributed by atoms with Gasteiger partial charge in [-0.15, -0.1) is 0 Å². The molecule has 166 valence electrons. The van der Waals surface area contributed by atoms with E-state index in [1.165, 1.54) is 24.5 Å². The lowest BCUT2D eigenvalue weighted by atomic mass is 10.1. The number of nitrogens with one attached hydrogen (secondary N) is 2. The first-order valence-corrected chi connectivity index (χ1v) is 9.78. The highest BCUT2D eigenvalue weighted by atomic mass is 16.6. The third-order valence-electron chi connectivity index (χ3n) is 4.32. The molecule has 2 heterocycles. The minimum absolute atomic E-state index is 0.0742. The number of carbonyl (C=O) groups excluding carboxylic acids is 1. The van der Waals surface area contributed by atoms with E-state index < -0.39 is 10.9 Å². The molecule has 0 aliphatic heterocycles. The molecule has 0 fully saturated rings. The molecule has 0 spiro atoms. The molecule has 0 saturated heterocycles. The number of hydrogen-bond donors (Lipinski definition) is 2. The third kappa shape index (κ3) is 5.65. The van der Waals surface area contributed by atoms with Gasteiger partial charge in [0.1, 0.15) is 23.3 Å². The van der Waals surface area contributed by atoms with Gasteiger partial charge < -0.3 is 20.1 Å². The van der Waals surface area contributed by atoms with Gasteiger partial charge in [0.2, 0.25) is 5.95 Å². The molecule has 0 aliphatic rings. The highest BCUT2D eigenvalue weighted by molar-refractivity contribution is 5.96. The summed E-state index contributed by atoms with van der Waals surface area (Å²) in [7, 11) is 1.58. The maximum atomic E-state index is 12.4. The van der Waals surface area contributed by atoms with Crippen molar-refractivity contribution in [1.29, 1.82) is 0 Å². The number of nitro groups is 1. The summed E-state index contributed by atoms with van der Waals surface area (Å²) in [5.74, 6) is 1.03. The average molecular weight is 438 g/mol. The topological polar surface area (TPSA) is 141 Å². The van der Waals surface area contributed by atoms with Crippen molar-refractivity contribution in [2.24, 2.45) is 0 Å². The monoisotopic (exact) mass is 438 g/mol. The Morgan fingerprint density at radius 3 is 2.44 bits per heavy atom. The van der Waals surface area contributed by atoms with Gasteiger partial charge in [-0.1, -0.05) is 0 Å². The predicted molar refractivity (Wildman–Crippen MR) is 118 cm³/mol. The van der Waals surface area contributed by atoms with Crippen molar-refractivity contribution in [1.82, 2.24) is 15.0 Å². The van der Waals surface area contributed by atoms with E-state index in [2.05, 4.69) is 25.6 Å². The largest absolute Gasteiger partial charge is 0.497 e. The fraction of sp³-hybridized carbons (Fsp3) is 0.238. The molecule has 1 aromatic carbocycles. The van der Waals surface area contributed by atoms with Crippen LogP contribution in [0.5, 0.6) is 5.75 Å². The van der Waals surface area contributed by atoms with Gasteiger partial charge in [-0.3, -0.25) is 10.1 Å². The van der Waals surface area contributed by atoms with Crippen LogP contribution in [0.2, 0.25) is 0 Å². The standard InChI is InChI=1S/C21H22N6O5/c1-3-32-20(28)17-13-25-21(26-19(17)14-4-7-16(31-2)8-5-14)23-11-10-22-18-9-6-15(12-24-18)27(29)30/h4-9,12-13H,3,10-11H2,1-2H3,(H,22,24)(H,23,25,26). The van der Waals surface area contributed by atoms with E-state index in [0.29, 0.717) is 41.9 Å². The maximum absolute atomic E-state index is 12.4. The van der Waals surface area contributed by atoms with Gasteiger partial charge >= 0.3 is 5.97 Å². The van der Waals surface area contributed by atoms with Crippen LogP contribution in [-0.4, -0.2) is 52.7 Å². The number of rotatable bonds is 10. The van der Waals surface area contributed by atoms with Crippen LogP contribution in [0.3, 0.4) is 0 Å². The van der Waals surface area contributed by atoms with E-state index in [0.717, 1.165) is 0 Å². The number of benzene rings is 1. The van der Waals surface area contributed by atoms with E-state index in [-0.39, 0.29) is 17.9 Å². The summed E-state index contributed by atoms with van der Waals surface area (Å²) in [5.41, 5.74) is 1.34. The Morgan fingerprint density at radius 2 is 1.81 bits per heavy atom. The number of ether oxygens (including phenoxy) is 2. The van der Waals surface area contributed by atoms with Gasteiger partial charge in [0, 0.05) is 30.9 Å². The number of hydrogen-bond acceptors (Lipinski definition) is 10. The first-order chi connectivity index (χ1) is 15.5. The molecule has 3 aromatic rings. The van der Waals surface area contributed by atoms with Crippen LogP contribution in [-0.2, 0) is 4.74 Å². The second-order valence-corrected chi connectivity index (χ2v) is 6.42. The Balaban J connectivity index is 1.69. The number of pyridine rings is 1. The van der Waals surface area contributed by atoms with E-state index in [1.807, 2.05) is 0 Å². The van der Waals surface area contributed by atoms with Gasteiger partial charge in [0.05, 0.1) is 24.3 Å². The molecule has 0 aliphatic carbocycles. The molecule has 0 bridgehead atoms. The van der Waals surface area contributed by atoms with Gasteiger partial charge in [0.25, 0.3) is 5.69 Å². The predicted octanol–water partition coefficient (Wildman–Crippen LogP) is 3.16. The zero-order valence-electron chi connectivity index (χ0n) is 17.6. The summed E-state index contributed by atoms with van der Waals surface area (Å²) >= 11 is 0. The van der Waals surface area contributed by atoms with Crippen molar-refractivity contribution >= 4 is 23.4 Å². The highest BCUT2D eigenvalue weighted by Gasteiger charge is 2.17. The van der Waals surface area contributed by atoms with Crippen LogP contribution in [0.25, 0.3) is 11.3 Å². The van der Waals surface area contributed by atoms with Crippen molar-refractivity contribution < 1.29 is 19.2 Å². The van der Waals surface area contributed by atoms with E-state index in [9.17, 15) is 14.9 Å². The normalized spacial score (nSPS) is 10.3. The molecule has 32 heavy (non-hydrogen) atoms. The molecule has 0 unspecified atom stereocenters. The third-order valence-corrected chi connectivity index (χ3v) is 4.32. The molecule has 11 nitrogen and oxygen atoms in total. The van der Waals surface area contributed by atoms with Crippen molar-refractivity contribution in [2.75, 3.05) is 37.4 Å². The van der Waals surface area contributed by atoms with Crippen molar-refractivity contribution in [2.45, 2.75) is 6.92 Å². The number of carbonyl (C=O) groups is 1. The number of aromatic nitrogens is 3. The first kappa shape index (κ1) is 22.4. The van der Waals surface area contributed by atoms with E-state index in [4.69, 9.17) is 9.47 Å². The van der Waals surface area contributed by atoms with Crippen molar-refractivity contribution in [3.05, 3.63) is 64.5 Å². The summed E-state index contributed by atoms with van der Waals surface area (Å²) in [6, 6.07) is 10.1. The molecule has 0 amide bonds. The highest BCUT2D eigenvalue weighted by Crippen LogP contribution is 2.25. The smallest absolute Gasteiger partial charge is 0.341 e. The molecule has 0 atom stereocenters. The number of nitrogens with zero attached hydrogens (tertiary/aromatic N) is 4. The number of methoxy groups -OCH3 is 1. The first-order valence-electron chi connectivity index (χ1n) is 9.78. The summed E-state index contributed by atoms with van der Waals surface area (Å²) in [6.45, 7) is 2.88.